The lowest BCUT2D eigenvalue weighted by Crippen LogP contribution is -2.48. The molecule has 3 aromatic rings. The Morgan fingerprint density at radius 2 is 1.66 bits per heavy atom. The van der Waals surface area contributed by atoms with Crippen LogP contribution in [0, 0.1) is 13.8 Å². The summed E-state index contributed by atoms with van der Waals surface area (Å²) in [6.07, 6.45) is 0. The molecule has 0 N–H and O–H groups in total. The molecule has 4 rings (SSSR count). The summed E-state index contributed by atoms with van der Waals surface area (Å²) in [5.41, 5.74) is 2.50. The molecule has 2 aromatic heterocycles. The van der Waals surface area contributed by atoms with Crippen molar-refractivity contribution in [2.45, 2.75) is 31.0 Å². The van der Waals surface area contributed by atoms with Crippen LogP contribution in [0.15, 0.2) is 50.3 Å². The van der Waals surface area contributed by atoms with Crippen molar-refractivity contribution in [3.63, 3.8) is 0 Å². The van der Waals surface area contributed by atoms with Gasteiger partial charge in [-0.25, -0.2) is 0 Å². The summed E-state index contributed by atoms with van der Waals surface area (Å²) in [7, 11) is 0. The maximum absolute atomic E-state index is 13.1. The van der Waals surface area contributed by atoms with E-state index in [1.54, 1.807) is 11.8 Å². The minimum Gasteiger partial charge on any atom is -0.360 e. The lowest BCUT2D eigenvalue weighted by Gasteiger charge is -2.34. The van der Waals surface area contributed by atoms with Crippen molar-refractivity contribution in [1.82, 2.24) is 20.1 Å². The SMILES string of the molecule is Cc1cc(CSc2ccccc2C(=O)N2CCN(Cc3cc(C)no3)CC2)on1. The van der Waals surface area contributed by atoms with Gasteiger partial charge in [0.05, 0.1) is 29.2 Å². The van der Waals surface area contributed by atoms with Gasteiger partial charge in [0.1, 0.15) is 5.76 Å². The zero-order valence-corrected chi connectivity index (χ0v) is 17.4. The minimum atomic E-state index is 0.0806. The Labute approximate surface area is 174 Å². The smallest absolute Gasteiger partial charge is 0.255 e. The van der Waals surface area contributed by atoms with Crippen LogP contribution in [0.1, 0.15) is 33.3 Å². The van der Waals surface area contributed by atoms with Crippen molar-refractivity contribution in [2.75, 3.05) is 26.2 Å². The summed E-state index contributed by atoms with van der Waals surface area (Å²) in [4.78, 5) is 18.3. The van der Waals surface area contributed by atoms with Crippen LogP contribution in [0.5, 0.6) is 0 Å². The Hall–Kier alpha value is -2.58. The molecule has 0 radical (unpaired) electrons. The van der Waals surface area contributed by atoms with E-state index < -0.39 is 0 Å². The fraction of sp³-hybridized carbons (Fsp3) is 0.381. The topological polar surface area (TPSA) is 75.6 Å². The quantitative estimate of drug-likeness (QED) is 0.573. The fourth-order valence-corrected chi connectivity index (χ4v) is 4.31. The number of hydrogen-bond donors (Lipinski definition) is 0. The van der Waals surface area contributed by atoms with Crippen LogP contribution in [-0.2, 0) is 12.3 Å². The average molecular weight is 413 g/mol. The van der Waals surface area contributed by atoms with E-state index in [1.165, 1.54) is 0 Å². The highest BCUT2D eigenvalue weighted by atomic mass is 32.2. The predicted octanol–water partition coefficient (Wildman–Crippen LogP) is 3.53. The normalized spacial score (nSPS) is 15.0. The van der Waals surface area contributed by atoms with Crippen molar-refractivity contribution in [2.24, 2.45) is 0 Å². The second-order valence-electron chi connectivity index (χ2n) is 7.22. The number of carbonyl (C=O) groups is 1. The number of benzene rings is 1. The molecule has 0 spiro atoms. The molecule has 1 fully saturated rings. The molecule has 1 aromatic carbocycles. The first-order chi connectivity index (χ1) is 14.1. The van der Waals surface area contributed by atoms with Crippen LogP contribution in [0.25, 0.3) is 0 Å². The minimum absolute atomic E-state index is 0.0806. The zero-order valence-electron chi connectivity index (χ0n) is 16.6. The first-order valence-corrected chi connectivity index (χ1v) is 10.6. The number of amides is 1. The molecule has 29 heavy (non-hydrogen) atoms. The number of hydrogen-bond acceptors (Lipinski definition) is 7. The maximum atomic E-state index is 13.1. The van der Waals surface area contributed by atoms with E-state index in [4.69, 9.17) is 9.05 Å². The average Bonchev–Trinajstić information content (AvgIpc) is 3.34. The molecule has 1 saturated heterocycles. The predicted molar refractivity (Wildman–Crippen MR) is 110 cm³/mol. The molecule has 7 nitrogen and oxygen atoms in total. The van der Waals surface area contributed by atoms with Crippen LogP contribution in [-0.4, -0.2) is 52.2 Å². The van der Waals surface area contributed by atoms with Crippen molar-refractivity contribution >= 4 is 17.7 Å². The molecule has 1 amide bonds. The number of aromatic nitrogens is 2. The summed E-state index contributed by atoms with van der Waals surface area (Å²) in [5.74, 6) is 2.41. The third-order valence-electron chi connectivity index (χ3n) is 4.88. The number of rotatable bonds is 6. The van der Waals surface area contributed by atoms with Gasteiger partial charge in [-0.15, -0.1) is 11.8 Å². The van der Waals surface area contributed by atoms with Gasteiger partial charge in [-0.1, -0.05) is 22.4 Å². The van der Waals surface area contributed by atoms with E-state index in [0.29, 0.717) is 18.8 Å². The van der Waals surface area contributed by atoms with E-state index >= 15 is 0 Å². The molecule has 1 aliphatic rings. The number of carbonyl (C=O) groups excluding carboxylic acids is 1. The monoisotopic (exact) mass is 412 g/mol. The van der Waals surface area contributed by atoms with Gasteiger partial charge in [0.2, 0.25) is 0 Å². The van der Waals surface area contributed by atoms with Crippen LogP contribution in [0.2, 0.25) is 0 Å². The number of nitrogens with zero attached hydrogens (tertiary/aromatic N) is 4. The summed E-state index contributed by atoms with van der Waals surface area (Å²) in [5, 5.41) is 7.86. The Morgan fingerprint density at radius 1 is 1.00 bits per heavy atom. The van der Waals surface area contributed by atoms with Crippen LogP contribution < -0.4 is 0 Å². The van der Waals surface area contributed by atoms with E-state index in [2.05, 4.69) is 15.2 Å². The van der Waals surface area contributed by atoms with Gasteiger partial charge in [0, 0.05) is 43.2 Å². The first-order valence-electron chi connectivity index (χ1n) is 9.66. The highest BCUT2D eigenvalue weighted by Gasteiger charge is 2.24. The standard InChI is InChI=1S/C21H24N4O3S/c1-15-11-17(27-22-15)13-24-7-9-25(10-8-24)21(26)19-5-3-4-6-20(19)29-14-18-12-16(2)23-28-18/h3-6,11-12H,7-10,13-14H2,1-2H3. The lowest BCUT2D eigenvalue weighted by atomic mass is 10.1. The second kappa shape index (κ2) is 8.84. The fourth-order valence-electron chi connectivity index (χ4n) is 3.39. The van der Waals surface area contributed by atoms with Crippen LogP contribution in [0.3, 0.4) is 0 Å². The van der Waals surface area contributed by atoms with Gasteiger partial charge in [-0.3, -0.25) is 9.69 Å². The zero-order chi connectivity index (χ0) is 20.2. The van der Waals surface area contributed by atoms with E-state index in [9.17, 15) is 4.79 Å². The molecule has 1 aliphatic heterocycles. The Morgan fingerprint density at radius 3 is 2.31 bits per heavy atom. The largest absolute Gasteiger partial charge is 0.360 e. The third kappa shape index (κ3) is 4.89. The molecule has 0 atom stereocenters. The molecular weight excluding hydrogens is 388 g/mol. The summed E-state index contributed by atoms with van der Waals surface area (Å²) in [6, 6.07) is 11.7. The van der Waals surface area contributed by atoms with Crippen molar-refractivity contribution in [3.05, 3.63) is 64.9 Å². The van der Waals surface area contributed by atoms with Gasteiger partial charge in [0.15, 0.2) is 5.76 Å². The van der Waals surface area contributed by atoms with Gasteiger partial charge < -0.3 is 13.9 Å². The van der Waals surface area contributed by atoms with E-state index in [-0.39, 0.29) is 5.91 Å². The third-order valence-corrected chi connectivity index (χ3v) is 5.98. The van der Waals surface area contributed by atoms with Gasteiger partial charge in [-0.2, -0.15) is 0 Å². The molecular formula is C21H24N4O3S. The van der Waals surface area contributed by atoms with Crippen LogP contribution in [0.4, 0.5) is 0 Å². The van der Waals surface area contributed by atoms with Crippen LogP contribution >= 0.6 is 11.8 Å². The number of piperazine rings is 1. The maximum Gasteiger partial charge on any atom is 0.255 e. The first kappa shape index (κ1) is 19.7. The summed E-state index contributed by atoms with van der Waals surface area (Å²) in [6.45, 7) is 7.58. The molecule has 8 heteroatoms. The highest BCUT2D eigenvalue weighted by molar-refractivity contribution is 7.98. The molecule has 0 unspecified atom stereocenters. The summed E-state index contributed by atoms with van der Waals surface area (Å²) >= 11 is 1.60. The highest BCUT2D eigenvalue weighted by Crippen LogP contribution is 2.28. The number of thioether (sulfide) groups is 1. The van der Waals surface area contributed by atoms with E-state index in [1.807, 2.05) is 55.1 Å². The van der Waals surface area contributed by atoms with Crippen molar-refractivity contribution in [3.8, 4) is 0 Å². The second-order valence-corrected chi connectivity index (χ2v) is 8.24. The van der Waals surface area contributed by atoms with Crippen molar-refractivity contribution in [1.29, 1.82) is 0 Å². The van der Waals surface area contributed by atoms with Gasteiger partial charge in [0.25, 0.3) is 5.91 Å². The Bertz CT molecular complexity index is 976. The molecule has 152 valence electrons. The van der Waals surface area contributed by atoms with Gasteiger partial charge in [-0.05, 0) is 26.0 Å². The lowest BCUT2D eigenvalue weighted by molar-refractivity contribution is 0.0614. The molecule has 0 bridgehead atoms. The molecule has 0 aliphatic carbocycles. The Balaban J connectivity index is 1.36. The van der Waals surface area contributed by atoms with E-state index in [0.717, 1.165) is 53.0 Å². The molecule has 3 heterocycles. The Kier molecular flexibility index (Phi) is 6.01. The van der Waals surface area contributed by atoms with Gasteiger partial charge >= 0.3 is 0 Å². The van der Waals surface area contributed by atoms with Crippen molar-refractivity contribution < 1.29 is 13.8 Å². The summed E-state index contributed by atoms with van der Waals surface area (Å²) < 4.78 is 10.6. The number of aryl methyl sites for hydroxylation is 2. The molecule has 0 saturated carbocycles.